The smallest absolute Gasteiger partial charge is 0.334 e. The third-order valence-corrected chi connectivity index (χ3v) is 3.36. The average molecular weight is 241 g/mol. The maximum absolute atomic E-state index is 11.3. The first-order chi connectivity index (χ1) is 8.19. The van der Waals surface area contributed by atoms with Crippen molar-refractivity contribution >= 4 is 5.97 Å². The van der Waals surface area contributed by atoms with Crippen LogP contribution < -0.4 is 5.32 Å². The highest BCUT2D eigenvalue weighted by Crippen LogP contribution is 2.30. The molecular weight excluding hydrogens is 218 g/mol. The molecule has 0 bridgehead atoms. The zero-order chi connectivity index (χ0) is 12.7. The molecule has 4 nitrogen and oxygen atoms in total. The summed E-state index contributed by atoms with van der Waals surface area (Å²) in [5, 5.41) is 12.4. The summed E-state index contributed by atoms with van der Waals surface area (Å²) >= 11 is 0. The number of aliphatic hydroxyl groups is 1. The van der Waals surface area contributed by atoms with Crippen LogP contribution in [0.2, 0.25) is 0 Å². The van der Waals surface area contributed by atoms with Gasteiger partial charge in [-0.25, -0.2) is 4.79 Å². The minimum absolute atomic E-state index is 0.269. The minimum atomic E-state index is -0.329. The molecule has 17 heavy (non-hydrogen) atoms. The number of hydrogen-bond acceptors (Lipinski definition) is 4. The van der Waals surface area contributed by atoms with Gasteiger partial charge in [0.05, 0.1) is 6.61 Å². The fourth-order valence-electron chi connectivity index (χ4n) is 2.34. The van der Waals surface area contributed by atoms with E-state index < -0.39 is 0 Å². The molecule has 1 rings (SSSR count). The van der Waals surface area contributed by atoms with E-state index in [1.807, 2.05) is 0 Å². The number of rotatable bonds is 7. The Kier molecular flexibility index (Phi) is 6.22. The molecule has 2 atom stereocenters. The maximum atomic E-state index is 11.3. The lowest BCUT2D eigenvalue weighted by molar-refractivity contribution is -0.138. The summed E-state index contributed by atoms with van der Waals surface area (Å²) in [6.07, 6.45) is 3.46. The molecule has 1 aliphatic rings. The van der Waals surface area contributed by atoms with Crippen molar-refractivity contribution < 1.29 is 14.6 Å². The summed E-state index contributed by atoms with van der Waals surface area (Å²) < 4.78 is 4.85. The third-order valence-electron chi connectivity index (χ3n) is 3.36. The number of ether oxygens (including phenoxy) is 1. The second-order valence-corrected chi connectivity index (χ2v) is 4.59. The van der Waals surface area contributed by atoms with Gasteiger partial charge in [-0.1, -0.05) is 13.0 Å². The van der Waals surface area contributed by atoms with Crippen molar-refractivity contribution in [3.63, 3.8) is 0 Å². The summed E-state index contributed by atoms with van der Waals surface area (Å²) in [7, 11) is 0. The first kappa shape index (κ1) is 14.2. The maximum Gasteiger partial charge on any atom is 0.334 e. The van der Waals surface area contributed by atoms with Crippen LogP contribution in [0.1, 0.15) is 26.2 Å². The lowest BCUT2D eigenvalue weighted by Gasteiger charge is -2.18. The normalized spacial score (nSPS) is 23.6. The average Bonchev–Trinajstić information content (AvgIpc) is 2.76. The van der Waals surface area contributed by atoms with Gasteiger partial charge in [0.25, 0.3) is 0 Å². The highest BCUT2D eigenvalue weighted by Gasteiger charge is 2.26. The molecular formula is C13H23NO3. The number of hydrogen-bond donors (Lipinski definition) is 2. The van der Waals surface area contributed by atoms with E-state index in [4.69, 9.17) is 4.74 Å². The molecule has 0 radical (unpaired) electrons. The lowest BCUT2D eigenvalue weighted by atomic mass is 9.97. The Morgan fingerprint density at radius 1 is 1.47 bits per heavy atom. The first-order valence-electron chi connectivity index (χ1n) is 6.35. The van der Waals surface area contributed by atoms with Gasteiger partial charge < -0.3 is 15.2 Å². The van der Waals surface area contributed by atoms with Gasteiger partial charge in [0.2, 0.25) is 0 Å². The second kappa shape index (κ2) is 7.45. The summed E-state index contributed by atoms with van der Waals surface area (Å²) in [5.41, 5.74) is 0.463. The first-order valence-corrected chi connectivity index (χ1v) is 6.35. The van der Waals surface area contributed by atoms with Gasteiger partial charge in [-0.2, -0.15) is 0 Å². The molecule has 0 saturated heterocycles. The Morgan fingerprint density at radius 3 is 2.82 bits per heavy atom. The summed E-state index contributed by atoms with van der Waals surface area (Å²) in [6.45, 7) is 7.42. The van der Waals surface area contributed by atoms with Crippen LogP contribution in [-0.4, -0.2) is 37.4 Å². The number of carbonyl (C=O) groups is 1. The molecule has 98 valence electrons. The van der Waals surface area contributed by atoms with E-state index in [0.29, 0.717) is 30.6 Å². The molecule has 1 aliphatic carbocycles. The molecule has 0 amide bonds. The predicted molar refractivity (Wildman–Crippen MR) is 66.6 cm³/mol. The van der Waals surface area contributed by atoms with Crippen LogP contribution in [0.15, 0.2) is 12.2 Å². The van der Waals surface area contributed by atoms with E-state index >= 15 is 0 Å². The van der Waals surface area contributed by atoms with Gasteiger partial charge in [-0.3, -0.25) is 0 Å². The molecule has 0 aromatic rings. The topological polar surface area (TPSA) is 58.6 Å². The number of aliphatic hydroxyl groups excluding tert-OH is 1. The lowest BCUT2D eigenvalue weighted by Crippen LogP contribution is -2.29. The quantitative estimate of drug-likeness (QED) is 0.518. The van der Waals surface area contributed by atoms with Crippen LogP contribution in [0, 0.1) is 11.8 Å². The van der Waals surface area contributed by atoms with Crippen molar-refractivity contribution in [2.45, 2.75) is 26.2 Å². The molecule has 1 saturated carbocycles. The molecule has 0 aromatic carbocycles. The van der Waals surface area contributed by atoms with Gasteiger partial charge in [0.15, 0.2) is 0 Å². The van der Waals surface area contributed by atoms with Crippen molar-refractivity contribution in [3.05, 3.63) is 12.2 Å². The summed E-state index contributed by atoms with van der Waals surface area (Å²) in [6, 6.07) is 0. The Morgan fingerprint density at radius 2 is 2.18 bits per heavy atom. The SMILES string of the molecule is C=C(CNCC1CCCC1CO)C(=O)OCC. The van der Waals surface area contributed by atoms with Crippen LogP contribution >= 0.6 is 0 Å². The Labute approximate surface area is 103 Å². The fraction of sp³-hybridized carbons (Fsp3) is 0.769. The summed E-state index contributed by atoms with van der Waals surface area (Å²) in [4.78, 5) is 11.3. The highest BCUT2D eigenvalue weighted by molar-refractivity contribution is 5.88. The molecule has 0 heterocycles. The molecule has 4 heteroatoms. The molecule has 1 fully saturated rings. The van der Waals surface area contributed by atoms with Crippen molar-refractivity contribution in [2.75, 3.05) is 26.3 Å². The Bertz CT molecular complexity index is 265. The van der Waals surface area contributed by atoms with Gasteiger partial charge in [-0.05, 0) is 38.1 Å². The van der Waals surface area contributed by atoms with Crippen LogP contribution in [-0.2, 0) is 9.53 Å². The number of esters is 1. The van der Waals surface area contributed by atoms with Crippen LogP contribution in [0.4, 0.5) is 0 Å². The van der Waals surface area contributed by atoms with Crippen molar-refractivity contribution in [3.8, 4) is 0 Å². The Hall–Kier alpha value is -0.870. The largest absolute Gasteiger partial charge is 0.463 e. The number of carbonyl (C=O) groups excluding carboxylic acids is 1. The second-order valence-electron chi connectivity index (χ2n) is 4.59. The van der Waals surface area contributed by atoms with E-state index in [0.717, 1.165) is 19.4 Å². The monoisotopic (exact) mass is 241 g/mol. The summed E-state index contributed by atoms with van der Waals surface area (Å²) in [5.74, 6) is 0.610. The zero-order valence-electron chi connectivity index (χ0n) is 10.6. The Balaban J connectivity index is 2.19. The van der Waals surface area contributed by atoms with E-state index in [2.05, 4.69) is 11.9 Å². The fourth-order valence-corrected chi connectivity index (χ4v) is 2.34. The van der Waals surface area contributed by atoms with Crippen LogP contribution in [0.5, 0.6) is 0 Å². The third kappa shape index (κ3) is 4.48. The number of nitrogens with one attached hydrogen (secondary N) is 1. The molecule has 0 aromatic heterocycles. The highest BCUT2D eigenvalue weighted by atomic mass is 16.5. The molecule has 2 N–H and O–H groups in total. The van der Waals surface area contributed by atoms with Crippen molar-refractivity contribution in [1.29, 1.82) is 0 Å². The minimum Gasteiger partial charge on any atom is -0.463 e. The van der Waals surface area contributed by atoms with E-state index in [1.54, 1.807) is 6.92 Å². The van der Waals surface area contributed by atoms with Gasteiger partial charge in [0, 0.05) is 18.7 Å². The van der Waals surface area contributed by atoms with Gasteiger partial charge >= 0.3 is 5.97 Å². The van der Waals surface area contributed by atoms with Crippen LogP contribution in [0.25, 0.3) is 0 Å². The molecule has 0 spiro atoms. The van der Waals surface area contributed by atoms with E-state index in [1.165, 1.54) is 6.42 Å². The van der Waals surface area contributed by atoms with E-state index in [9.17, 15) is 9.90 Å². The molecule has 2 unspecified atom stereocenters. The van der Waals surface area contributed by atoms with Crippen molar-refractivity contribution in [2.24, 2.45) is 11.8 Å². The predicted octanol–water partition coefficient (Wildman–Crippen LogP) is 1.10. The zero-order valence-corrected chi connectivity index (χ0v) is 10.6. The standard InChI is InChI=1S/C13H23NO3/c1-3-17-13(16)10(2)7-14-8-11-5-4-6-12(11)9-15/h11-12,14-15H,2-9H2,1H3. The van der Waals surface area contributed by atoms with Gasteiger partial charge in [-0.15, -0.1) is 0 Å². The van der Waals surface area contributed by atoms with E-state index in [-0.39, 0.29) is 12.6 Å². The van der Waals surface area contributed by atoms with Crippen molar-refractivity contribution in [1.82, 2.24) is 5.32 Å². The van der Waals surface area contributed by atoms with Gasteiger partial charge in [0.1, 0.15) is 0 Å². The molecule has 0 aliphatic heterocycles. The van der Waals surface area contributed by atoms with Crippen LogP contribution in [0.3, 0.4) is 0 Å².